The van der Waals surface area contributed by atoms with Crippen molar-refractivity contribution >= 4 is 23.3 Å². The summed E-state index contributed by atoms with van der Waals surface area (Å²) < 4.78 is 8.61. The maximum atomic E-state index is 12.5. The number of imidazole rings is 1. The van der Waals surface area contributed by atoms with Crippen molar-refractivity contribution in [2.45, 2.75) is 6.54 Å². The van der Waals surface area contributed by atoms with Gasteiger partial charge in [-0.25, -0.2) is 10.2 Å². The lowest BCUT2D eigenvalue weighted by molar-refractivity contribution is 0.301. The third-order valence-corrected chi connectivity index (χ3v) is 4.58. The smallest absolute Gasteiger partial charge is 0.329 e. The minimum absolute atomic E-state index is 0.121. The van der Waals surface area contributed by atoms with Crippen LogP contribution in [0, 0.1) is 0 Å². The molecular weight excluding hydrogens is 400 g/mol. The topological polar surface area (TPSA) is 127 Å². The lowest BCUT2D eigenvalue weighted by atomic mass is 10.2. The second-order valence-electron chi connectivity index (χ2n) is 6.70. The maximum absolute atomic E-state index is 12.5. The van der Waals surface area contributed by atoms with E-state index in [4.69, 9.17) is 4.74 Å². The van der Waals surface area contributed by atoms with Crippen LogP contribution in [-0.4, -0.2) is 37.0 Å². The zero-order valence-electron chi connectivity index (χ0n) is 16.6. The summed E-state index contributed by atoms with van der Waals surface area (Å²) in [5, 5.41) is 13.7. The van der Waals surface area contributed by atoms with Crippen LogP contribution in [0.5, 0.6) is 11.5 Å². The zero-order valence-corrected chi connectivity index (χ0v) is 16.6. The summed E-state index contributed by atoms with van der Waals surface area (Å²) in [5.74, 6) is 1.09. The predicted octanol–water partition coefficient (Wildman–Crippen LogP) is 1.65. The van der Waals surface area contributed by atoms with E-state index < -0.39 is 11.2 Å². The molecule has 2 aromatic carbocycles. The van der Waals surface area contributed by atoms with Gasteiger partial charge >= 0.3 is 5.69 Å². The van der Waals surface area contributed by atoms with E-state index in [1.165, 1.54) is 17.8 Å². The molecule has 0 bridgehead atoms. The first kappa shape index (κ1) is 20.0. The van der Waals surface area contributed by atoms with Gasteiger partial charge in [-0.3, -0.25) is 18.9 Å². The molecule has 0 unspecified atom stereocenters. The number of aromatic amines is 1. The molecule has 0 spiro atoms. The number of H-pyrrole nitrogens is 1. The lowest BCUT2D eigenvalue weighted by Crippen LogP contribution is -2.29. The Hall–Kier alpha value is -4.34. The average molecular weight is 420 g/mol. The lowest BCUT2D eigenvalue weighted by Gasteiger charge is -2.10. The molecule has 3 N–H and O–H groups in total. The number of anilines is 1. The molecule has 4 rings (SSSR count). The van der Waals surface area contributed by atoms with E-state index in [9.17, 15) is 14.7 Å². The molecule has 0 amide bonds. The van der Waals surface area contributed by atoms with Crippen molar-refractivity contribution in [3.8, 4) is 11.5 Å². The predicted molar refractivity (Wildman–Crippen MR) is 117 cm³/mol. The Bertz CT molecular complexity index is 1350. The number of benzene rings is 2. The van der Waals surface area contributed by atoms with E-state index in [1.807, 2.05) is 30.3 Å². The van der Waals surface area contributed by atoms with Gasteiger partial charge in [-0.1, -0.05) is 30.3 Å². The third-order valence-electron chi connectivity index (χ3n) is 4.58. The normalized spacial score (nSPS) is 11.3. The number of hydrazone groups is 1. The number of aryl methyl sites for hydroxylation is 1. The number of nitrogens with zero attached hydrogens (tertiary/aromatic N) is 4. The van der Waals surface area contributed by atoms with E-state index in [2.05, 4.69) is 20.5 Å². The van der Waals surface area contributed by atoms with Crippen LogP contribution in [0.1, 0.15) is 5.56 Å². The van der Waals surface area contributed by atoms with Gasteiger partial charge in [0.2, 0.25) is 5.95 Å². The molecule has 4 aromatic rings. The van der Waals surface area contributed by atoms with Crippen molar-refractivity contribution in [1.82, 2.24) is 19.1 Å². The number of hydrogen-bond donors (Lipinski definition) is 3. The van der Waals surface area contributed by atoms with Crippen LogP contribution in [0.4, 0.5) is 5.95 Å². The molecule has 0 aliphatic heterocycles. The molecule has 2 aromatic heterocycles. The summed E-state index contributed by atoms with van der Waals surface area (Å²) in [5.41, 5.74) is 2.84. The summed E-state index contributed by atoms with van der Waals surface area (Å²) in [6, 6.07) is 15.9. The van der Waals surface area contributed by atoms with Gasteiger partial charge in [0.15, 0.2) is 11.2 Å². The van der Waals surface area contributed by atoms with Crippen LogP contribution in [-0.2, 0) is 13.6 Å². The molecule has 0 aliphatic carbocycles. The van der Waals surface area contributed by atoms with Crippen molar-refractivity contribution < 1.29 is 9.84 Å². The quantitative estimate of drug-likeness (QED) is 0.308. The largest absolute Gasteiger partial charge is 0.508 e. The van der Waals surface area contributed by atoms with Crippen LogP contribution in [0.15, 0.2) is 69.3 Å². The number of ether oxygens (including phenoxy) is 1. The number of rotatable bonds is 7. The molecular formula is C21H20N6O4. The molecule has 0 atom stereocenters. The Balaban J connectivity index is 1.65. The van der Waals surface area contributed by atoms with Gasteiger partial charge in [-0.05, 0) is 29.8 Å². The van der Waals surface area contributed by atoms with Crippen LogP contribution in [0.25, 0.3) is 11.2 Å². The van der Waals surface area contributed by atoms with E-state index in [0.717, 1.165) is 0 Å². The van der Waals surface area contributed by atoms with Crippen LogP contribution in [0.2, 0.25) is 0 Å². The van der Waals surface area contributed by atoms with Gasteiger partial charge < -0.3 is 9.84 Å². The summed E-state index contributed by atoms with van der Waals surface area (Å²) in [6.45, 7) is 0.555. The Morgan fingerprint density at radius 3 is 2.77 bits per heavy atom. The number of hydrogen-bond acceptors (Lipinski definition) is 7. The van der Waals surface area contributed by atoms with Gasteiger partial charge in [-0.2, -0.15) is 10.1 Å². The Kier molecular flexibility index (Phi) is 5.52. The first-order chi connectivity index (χ1) is 15.0. The monoisotopic (exact) mass is 420 g/mol. The second-order valence-corrected chi connectivity index (χ2v) is 6.70. The SMILES string of the molecule is Cn1c(=O)[nH]c(=O)c2c1nc(N/N=C\c1cccc(O)c1)n2CCOc1ccccc1. The van der Waals surface area contributed by atoms with Crippen molar-refractivity contribution in [2.24, 2.45) is 12.1 Å². The number of aromatic nitrogens is 4. The first-order valence-electron chi connectivity index (χ1n) is 9.48. The highest BCUT2D eigenvalue weighted by molar-refractivity contribution is 5.81. The molecule has 0 saturated heterocycles. The molecule has 0 saturated carbocycles. The highest BCUT2D eigenvalue weighted by Crippen LogP contribution is 2.16. The van der Waals surface area contributed by atoms with E-state index in [1.54, 1.807) is 28.8 Å². The summed E-state index contributed by atoms with van der Waals surface area (Å²) in [4.78, 5) is 31.1. The van der Waals surface area contributed by atoms with Gasteiger partial charge in [0, 0.05) is 7.05 Å². The number of para-hydroxylation sites is 1. The number of nitrogens with one attached hydrogen (secondary N) is 2. The number of aromatic hydroxyl groups is 1. The maximum Gasteiger partial charge on any atom is 0.329 e. The molecule has 158 valence electrons. The summed E-state index contributed by atoms with van der Waals surface area (Å²) in [6.07, 6.45) is 1.51. The number of fused-ring (bicyclic) bond motifs is 1. The standard InChI is InChI=1S/C21H20N6O4/c1-26-18-17(19(29)24-21(26)30)27(10-11-31-16-8-3-2-4-9-16)20(23-18)25-22-13-14-6-5-7-15(28)12-14/h2-9,12-13,28H,10-11H2,1H3,(H,23,25)(H,24,29,30)/b22-13-. The van der Waals surface area contributed by atoms with Crippen molar-refractivity contribution in [2.75, 3.05) is 12.0 Å². The van der Waals surface area contributed by atoms with E-state index >= 15 is 0 Å². The van der Waals surface area contributed by atoms with Crippen molar-refractivity contribution in [1.29, 1.82) is 0 Å². The fourth-order valence-corrected chi connectivity index (χ4v) is 3.08. The van der Waals surface area contributed by atoms with E-state index in [-0.39, 0.29) is 36.0 Å². The molecule has 0 radical (unpaired) electrons. The summed E-state index contributed by atoms with van der Waals surface area (Å²) >= 11 is 0. The molecule has 10 heteroatoms. The zero-order chi connectivity index (χ0) is 21.8. The molecule has 31 heavy (non-hydrogen) atoms. The molecule has 0 aliphatic rings. The molecule has 10 nitrogen and oxygen atoms in total. The van der Waals surface area contributed by atoms with Crippen molar-refractivity contribution in [3.63, 3.8) is 0 Å². The number of phenols is 1. The minimum atomic E-state index is -0.558. The first-order valence-corrected chi connectivity index (χ1v) is 9.48. The van der Waals surface area contributed by atoms with Crippen molar-refractivity contribution in [3.05, 3.63) is 81.0 Å². The van der Waals surface area contributed by atoms with Crippen LogP contribution >= 0.6 is 0 Å². The van der Waals surface area contributed by atoms with Crippen LogP contribution < -0.4 is 21.4 Å². The second kappa shape index (κ2) is 8.57. The average Bonchev–Trinajstić information content (AvgIpc) is 3.12. The Morgan fingerprint density at radius 1 is 1.19 bits per heavy atom. The minimum Gasteiger partial charge on any atom is -0.508 e. The van der Waals surface area contributed by atoms with Crippen LogP contribution in [0.3, 0.4) is 0 Å². The highest BCUT2D eigenvalue weighted by Gasteiger charge is 2.17. The van der Waals surface area contributed by atoms with Gasteiger partial charge in [0.05, 0.1) is 12.8 Å². The van der Waals surface area contributed by atoms with Gasteiger partial charge in [-0.15, -0.1) is 0 Å². The fraction of sp³-hybridized carbons (Fsp3) is 0.143. The Labute approximate surface area is 176 Å². The van der Waals surface area contributed by atoms with Gasteiger partial charge in [0.1, 0.15) is 18.1 Å². The third kappa shape index (κ3) is 4.32. The number of phenolic OH excluding ortho intramolecular Hbond substituents is 1. The molecule has 2 heterocycles. The molecule has 0 fully saturated rings. The summed E-state index contributed by atoms with van der Waals surface area (Å²) in [7, 11) is 1.53. The van der Waals surface area contributed by atoms with E-state index in [0.29, 0.717) is 11.3 Å². The fourth-order valence-electron chi connectivity index (χ4n) is 3.08. The Morgan fingerprint density at radius 2 is 2.00 bits per heavy atom. The highest BCUT2D eigenvalue weighted by atomic mass is 16.5. The van der Waals surface area contributed by atoms with Gasteiger partial charge in [0.25, 0.3) is 5.56 Å².